The highest BCUT2D eigenvalue weighted by atomic mass is 16.3. The highest BCUT2D eigenvalue weighted by molar-refractivity contribution is 5.74. The fourth-order valence-electron chi connectivity index (χ4n) is 2.92. The fraction of sp³-hybridized carbons (Fsp3) is 0.933. The third-order valence-electron chi connectivity index (χ3n) is 4.88. The number of aliphatic hydroxyl groups excluding tert-OH is 1. The predicted octanol–water partition coefficient (Wildman–Crippen LogP) is 1.27. The van der Waals surface area contributed by atoms with Gasteiger partial charge in [0.15, 0.2) is 0 Å². The van der Waals surface area contributed by atoms with Gasteiger partial charge in [-0.1, -0.05) is 0 Å². The average Bonchev–Trinajstić information content (AvgIpc) is 3.28. The molecule has 2 amide bonds. The third kappa shape index (κ3) is 4.09. The number of nitrogens with zero attached hydrogens (tertiary/aromatic N) is 2. The molecule has 20 heavy (non-hydrogen) atoms. The number of aliphatic hydroxyl groups is 1. The van der Waals surface area contributed by atoms with Gasteiger partial charge in [-0.05, 0) is 52.5 Å². The molecule has 1 aliphatic carbocycles. The van der Waals surface area contributed by atoms with Crippen LogP contribution in [0.1, 0.15) is 39.5 Å². The van der Waals surface area contributed by atoms with Crippen molar-refractivity contribution in [2.24, 2.45) is 5.92 Å². The van der Waals surface area contributed by atoms with Crippen LogP contribution in [0.4, 0.5) is 4.79 Å². The standard InChI is InChI=1S/C15H29N3O2/c1-11(17(3)14-4-5-14)10-16-15(20)18-8-6-13(7-9-18)12(2)19/h11-14,19H,4-10H2,1-3H3,(H,16,20). The molecule has 5 nitrogen and oxygen atoms in total. The number of hydrogen-bond acceptors (Lipinski definition) is 3. The second kappa shape index (κ2) is 6.76. The maximum Gasteiger partial charge on any atom is 0.317 e. The zero-order chi connectivity index (χ0) is 14.7. The van der Waals surface area contributed by atoms with Gasteiger partial charge in [-0.25, -0.2) is 4.79 Å². The highest BCUT2D eigenvalue weighted by Gasteiger charge is 2.30. The molecule has 0 bridgehead atoms. The number of amides is 2. The van der Waals surface area contributed by atoms with Gasteiger partial charge in [-0.15, -0.1) is 0 Å². The lowest BCUT2D eigenvalue weighted by Gasteiger charge is -2.34. The van der Waals surface area contributed by atoms with Crippen LogP contribution >= 0.6 is 0 Å². The molecule has 0 spiro atoms. The summed E-state index contributed by atoms with van der Waals surface area (Å²) in [4.78, 5) is 16.4. The van der Waals surface area contributed by atoms with Gasteiger partial charge in [0.05, 0.1) is 6.10 Å². The first-order valence-electron chi connectivity index (χ1n) is 7.91. The van der Waals surface area contributed by atoms with Crippen LogP contribution in [0, 0.1) is 5.92 Å². The van der Waals surface area contributed by atoms with E-state index in [4.69, 9.17) is 0 Å². The van der Waals surface area contributed by atoms with E-state index in [0.29, 0.717) is 18.5 Å². The largest absolute Gasteiger partial charge is 0.393 e. The molecule has 0 aromatic carbocycles. The molecule has 2 N–H and O–H groups in total. The molecule has 0 aromatic heterocycles. The van der Waals surface area contributed by atoms with Crippen molar-refractivity contribution in [3.63, 3.8) is 0 Å². The van der Waals surface area contributed by atoms with E-state index in [9.17, 15) is 9.90 Å². The SMILES string of the molecule is CC(O)C1CCN(C(=O)NCC(C)N(C)C2CC2)CC1. The fourth-order valence-corrected chi connectivity index (χ4v) is 2.92. The molecule has 2 rings (SSSR count). The van der Waals surface area contributed by atoms with Crippen LogP contribution in [0.25, 0.3) is 0 Å². The molecule has 2 aliphatic rings. The second-order valence-corrected chi connectivity index (χ2v) is 6.50. The smallest absolute Gasteiger partial charge is 0.317 e. The highest BCUT2D eigenvalue weighted by Crippen LogP contribution is 2.26. The lowest BCUT2D eigenvalue weighted by Crippen LogP contribution is -2.49. The number of rotatable bonds is 5. The van der Waals surface area contributed by atoms with E-state index in [1.54, 1.807) is 0 Å². The van der Waals surface area contributed by atoms with Gasteiger partial charge in [0.1, 0.15) is 0 Å². The van der Waals surface area contributed by atoms with Gasteiger partial charge >= 0.3 is 6.03 Å². The predicted molar refractivity (Wildman–Crippen MR) is 79.6 cm³/mol. The summed E-state index contributed by atoms with van der Waals surface area (Å²) in [6.07, 6.45) is 4.14. The number of carbonyl (C=O) groups excluding carboxylic acids is 1. The molecule has 2 atom stereocenters. The van der Waals surface area contributed by atoms with E-state index in [2.05, 4.69) is 24.2 Å². The number of carbonyl (C=O) groups is 1. The van der Waals surface area contributed by atoms with Crippen LogP contribution < -0.4 is 5.32 Å². The van der Waals surface area contributed by atoms with Crippen LogP contribution in [-0.4, -0.2) is 65.8 Å². The molecule has 0 radical (unpaired) electrons. The summed E-state index contributed by atoms with van der Waals surface area (Å²) in [6, 6.07) is 1.16. The van der Waals surface area contributed by atoms with Crippen molar-refractivity contribution in [1.82, 2.24) is 15.1 Å². The van der Waals surface area contributed by atoms with E-state index >= 15 is 0 Å². The van der Waals surface area contributed by atoms with Crippen molar-refractivity contribution in [3.05, 3.63) is 0 Å². The molecule has 1 saturated heterocycles. The summed E-state index contributed by atoms with van der Waals surface area (Å²) >= 11 is 0. The Morgan fingerprint density at radius 3 is 2.40 bits per heavy atom. The molecule has 1 heterocycles. The van der Waals surface area contributed by atoms with E-state index in [1.807, 2.05) is 11.8 Å². The van der Waals surface area contributed by atoms with Gasteiger partial charge in [-0.2, -0.15) is 0 Å². The van der Waals surface area contributed by atoms with Crippen LogP contribution in [0.15, 0.2) is 0 Å². The minimum absolute atomic E-state index is 0.0464. The van der Waals surface area contributed by atoms with Crippen molar-refractivity contribution < 1.29 is 9.90 Å². The molecule has 1 aliphatic heterocycles. The summed E-state index contributed by atoms with van der Waals surface area (Å²) in [5, 5.41) is 12.6. The minimum Gasteiger partial charge on any atom is -0.393 e. The Morgan fingerprint density at radius 2 is 1.90 bits per heavy atom. The Bertz CT molecular complexity index is 323. The van der Waals surface area contributed by atoms with Crippen LogP contribution in [0.5, 0.6) is 0 Å². The zero-order valence-electron chi connectivity index (χ0n) is 13.0. The Kier molecular flexibility index (Phi) is 5.27. The Morgan fingerprint density at radius 1 is 1.30 bits per heavy atom. The lowest BCUT2D eigenvalue weighted by atomic mass is 9.92. The van der Waals surface area contributed by atoms with Crippen LogP contribution in [0.2, 0.25) is 0 Å². The van der Waals surface area contributed by atoms with E-state index < -0.39 is 0 Å². The van der Waals surface area contributed by atoms with Crippen molar-refractivity contribution in [1.29, 1.82) is 0 Å². The molecule has 2 fully saturated rings. The topological polar surface area (TPSA) is 55.8 Å². The van der Waals surface area contributed by atoms with E-state index in [-0.39, 0.29) is 12.1 Å². The van der Waals surface area contributed by atoms with Gasteiger partial charge in [0.25, 0.3) is 0 Å². The first-order valence-corrected chi connectivity index (χ1v) is 7.91. The van der Waals surface area contributed by atoms with Crippen molar-refractivity contribution in [2.45, 2.75) is 57.7 Å². The number of hydrogen-bond donors (Lipinski definition) is 2. The van der Waals surface area contributed by atoms with E-state index in [0.717, 1.165) is 32.0 Å². The molecule has 0 aromatic rings. The van der Waals surface area contributed by atoms with Crippen molar-refractivity contribution >= 4 is 6.03 Å². The number of likely N-dealkylation sites (N-methyl/N-ethyl adjacent to an activating group) is 1. The Labute approximate surface area is 122 Å². The normalized spacial score (nSPS) is 23.8. The van der Waals surface area contributed by atoms with E-state index in [1.165, 1.54) is 12.8 Å². The van der Waals surface area contributed by atoms with Crippen molar-refractivity contribution in [3.8, 4) is 0 Å². The molecule has 1 saturated carbocycles. The number of piperidine rings is 1. The first-order chi connectivity index (χ1) is 9.49. The third-order valence-corrected chi connectivity index (χ3v) is 4.88. The Hall–Kier alpha value is -0.810. The molecule has 5 heteroatoms. The quantitative estimate of drug-likeness (QED) is 0.799. The summed E-state index contributed by atoms with van der Waals surface area (Å²) in [7, 11) is 2.14. The number of likely N-dealkylation sites (tertiary alicyclic amines) is 1. The summed E-state index contributed by atoms with van der Waals surface area (Å²) < 4.78 is 0. The summed E-state index contributed by atoms with van der Waals surface area (Å²) in [5.74, 6) is 0.346. The van der Waals surface area contributed by atoms with Crippen LogP contribution in [-0.2, 0) is 0 Å². The number of nitrogens with one attached hydrogen (secondary N) is 1. The summed E-state index contributed by atoms with van der Waals surface area (Å²) in [6.45, 7) is 6.23. The minimum atomic E-state index is -0.257. The maximum atomic E-state index is 12.1. The number of urea groups is 1. The van der Waals surface area contributed by atoms with Crippen LogP contribution in [0.3, 0.4) is 0 Å². The average molecular weight is 283 g/mol. The molecule has 2 unspecified atom stereocenters. The van der Waals surface area contributed by atoms with Gasteiger partial charge in [0, 0.05) is 31.7 Å². The van der Waals surface area contributed by atoms with Gasteiger partial charge in [0.2, 0.25) is 0 Å². The lowest BCUT2D eigenvalue weighted by molar-refractivity contribution is 0.0794. The molecule has 116 valence electrons. The zero-order valence-corrected chi connectivity index (χ0v) is 13.0. The van der Waals surface area contributed by atoms with Gasteiger partial charge < -0.3 is 15.3 Å². The monoisotopic (exact) mass is 283 g/mol. The molecular formula is C15H29N3O2. The Balaban J connectivity index is 1.67. The first kappa shape index (κ1) is 15.6. The maximum absolute atomic E-state index is 12.1. The summed E-state index contributed by atoms with van der Waals surface area (Å²) in [5.41, 5.74) is 0. The molecular weight excluding hydrogens is 254 g/mol. The van der Waals surface area contributed by atoms with Crippen molar-refractivity contribution in [2.75, 3.05) is 26.7 Å². The second-order valence-electron chi connectivity index (χ2n) is 6.50. The van der Waals surface area contributed by atoms with Gasteiger partial charge in [-0.3, -0.25) is 4.90 Å².